The third kappa shape index (κ3) is 3.03. The van der Waals surface area contributed by atoms with E-state index in [1.54, 1.807) is 6.20 Å². The van der Waals surface area contributed by atoms with Crippen molar-refractivity contribution in [2.75, 3.05) is 5.75 Å². The van der Waals surface area contributed by atoms with Crippen LogP contribution in [0.25, 0.3) is 0 Å². The van der Waals surface area contributed by atoms with Gasteiger partial charge in [0.15, 0.2) is 4.34 Å². The lowest BCUT2D eigenvalue weighted by molar-refractivity contribution is 0.619. The molecule has 68 valence electrons. The van der Waals surface area contributed by atoms with Gasteiger partial charge in [0, 0.05) is 17.3 Å². The van der Waals surface area contributed by atoms with Gasteiger partial charge in [0.1, 0.15) is 0 Å². The first-order valence-corrected chi connectivity index (χ1v) is 6.18. The summed E-state index contributed by atoms with van der Waals surface area (Å²) < 4.78 is 12.2. The molecule has 12 heavy (non-hydrogen) atoms. The summed E-state index contributed by atoms with van der Waals surface area (Å²) in [5.74, 6) is 1.36. The van der Waals surface area contributed by atoms with Crippen LogP contribution in [0.3, 0.4) is 0 Å². The van der Waals surface area contributed by atoms with E-state index in [-0.39, 0.29) is 0 Å². The zero-order chi connectivity index (χ0) is 8.97. The average Bonchev–Trinajstić information content (AvgIpc) is 2.51. The van der Waals surface area contributed by atoms with E-state index in [1.807, 2.05) is 5.38 Å². The molecule has 0 aliphatic carbocycles. The summed E-state index contributed by atoms with van der Waals surface area (Å²) in [5, 5.41) is 1.86. The number of rotatable bonds is 4. The summed E-state index contributed by atoms with van der Waals surface area (Å²) >= 11 is 1.47. The van der Waals surface area contributed by atoms with Crippen molar-refractivity contribution < 1.29 is 4.21 Å². The molecule has 0 N–H and O–H groups in total. The van der Waals surface area contributed by atoms with E-state index in [2.05, 4.69) is 18.8 Å². The van der Waals surface area contributed by atoms with Crippen LogP contribution in [0, 0.1) is 5.92 Å². The summed E-state index contributed by atoms with van der Waals surface area (Å²) in [4.78, 5) is 4.01. The number of hydrogen-bond acceptors (Lipinski definition) is 3. The molecule has 0 spiro atoms. The van der Waals surface area contributed by atoms with Crippen LogP contribution in [-0.2, 0) is 10.8 Å². The normalized spacial score (nSPS) is 13.6. The smallest absolute Gasteiger partial charge is 0.180 e. The van der Waals surface area contributed by atoms with Crippen molar-refractivity contribution in [3.63, 3.8) is 0 Å². The minimum atomic E-state index is -0.865. The highest BCUT2D eigenvalue weighted by molar-refractivity contribution is 7.87. The van der Waals surface area contributed by atoms with E-state index >= 15 is 0 Å². The number of thiazole rings is 1. The Hall–Kier alpha value is -0.220. The highest BCUT2D eigenvalue weighted by Gasteiger charge is 2.06. The first-order valence-electron chi connectivity index (χ1n) is 3.98. The second-order valence-electron chi connectivity index (χ2n) is 3.03. The molecule has 0 fully saturated rings. The first-order chi connectivity index (χ1) is 5.70. The van der Waals surface area contributed by atoms with Crippen molar-refractivity contribution in [1.82, 2.24) is 4.98 Å². The van der Waals surface area contributed by atoms with Crippen molar-refractivity contribution in [2.45, 2.75) is 24.6 Å². The van der Waals surface area contributed by atoms with E-state index in [4.69, 9.17) is 0 Å². The Morgan fingerprint density at radius 2 is 2.42 bits per heavy atom. The van der Waals surface area contributed by atoms with E-state index in [0.717, 1.165) is 16.5 Å². The van der Waals surface area contributed by atoms with E-state index in [9.17, 15) is 4.21 Å². The monoisotopic (exact) mass is 203 g/mol. The van der Waals surface area contributed by atoms with Crippen molar-refractivity contribution in [3.8, 4) is 0 Å². The summed E-state index contributed by atoms with van der Waals surface area (Å²) in [5.41, 5.74) is 0. The van der Waals surface area contributed by atoms with Gasteiger partial charge >= 0.3 is 0 Å². The Kier molecular flexibility index (Phi) is 3.88. The minimum Gasteiger partial charge on any atom is -0.252 e. The van der Waals surface area contributed by atoms with Crippen LogP contribution in [0.2, 0.25) is 0 Å². The van der Waals surface area contributed by atoms with Crippen molar-refractivity contribution in [1.29, 1.82) is 0 Å². The Bertz CT molecular complexity index is 244. The first kappa shape index (κ1) is 9.86. The SMILES string of the molecule is CC(C)CCS(=O)c1nccs1. The van der Waals surface area contributed by atoms with Gasteiger partial charge in [-0.05, 0) is 12.3 Å². The van der Waals surface area contributed by atoms with Crippen LogP contribution in [-0.4, -0.2) is 14.9 Å². The Morgan fingerprint density at radius 3 is 2.92 bits per heavy atom. The summed E-state index contributed by atoms with van der Waals surface area (Å²) in [6.07, 6.45) is 2.71. The van der Waals surface area contributed by atoms with Crippen LogP contribution in [0.1, 0.15) is 20.3 Å². The molecule has 1 unspecified atom stereocenters. The van der Waals surface area contributed by atoms with Gasteiger partial charge in [0.05, 0.1) is 10.8 Å². The van der Waals surface area contributed by atoms with Gasteiger partial charge in [0.2, 0.25) is 0 Å². The molecule has 1 aromatic rings. The zero-order valence-corrected chi connectivity index (χ0v) is 8.95. The van der Waals surface area contributed by atoms with Crippen LogP contribution in [0.15, 0.2) is 15.9 Å². The molecule has 0 aliphatic heterocycles. The third-order valence-electron chi connectivity index (χ3n) is 1.49. The molecule has 0 saturated carbocycles. The van der Waals surface area contributed by atoms with E-state index in [0.29, 0.717) is 5.92 Å². The molecule has 0 radical (unpaired) electrons. The average molecular weight is 203 g/mol. The molecule has 4 heteroatoms. The van der Waals surface area contributed by atoms with Crippen molar-refractivity contribution >= 4 is 22.1 Å². The van der Waals surface area contributed by atoms with Crippen LogP contribution >= 0.6 is 11.3 Å². The highest BCUT2D eigenvalue weighted by Crippen LogP contribution is 2.12. The van der Waals surface area contributed by atoms with Gasteiger partial charge in [-0.1, -0.05) is 13.8 Å². The molecule has 0 saturated heterocycles. The van der Waals surface area contributed by atoms with Gasteiger partial charge in [-0.2, -0.15) is 0 Å². The standard InChI is InChI=1S/C8H13NOS2/c1-7(2)3-6-12(10)8-9-4-5-11-8/h4-5,7H,3,6H2,1-2H3. The predicted molar refractivity (Wildman–Crippen MR) is 52.8 cm³/mol. The van der Waals surface area contributed by atoms with E-state index < -0.39 is 10.8 Å². The van der Waals surface area contributed by atoms with Crippen molar-refractivity contribution in [2.24, 2.45) is 5.92 Å². The van der Waals surface area contributed by atoms with Gasteiger partial charge in [-0.25, -0.2) is 4.98 Å². The summed E-state index contributed by atoms with van der Waals surface area (Å²) in [6, 6.07) is 0. The predicted octanol–water partition coefficient (Wildman–Crippen LogP) is 2.30. The molecule has 1 atom stereocenters. The van der Waals surface area contributed by atoms with Crippen LogP contribution < -0.4 is 0 Å². The molecule has 2 nitrogen and oxygen atoms in total. The number of hydrogen-bond donors (Lipinski definition) is 0. The highest BCUT2D eigenvalue weighted by atomic mass is 32.2. The van der Waals surface area contributed by atoms with Gasteiger partial charge in [-0.15, -0.1) is 11.3 Å². The van der Waals surface area contributed by atoms with Crippen molar-refractivity contribution in [3.05, 3.63) is 11.6 Å². The molecular weight excluding hydrogens is 190 g/mol. The van der Waals surface area contributed by atoms with E-state index in [1.165, 1.54) is 11.3 Å². The lowest BCUT2D eigenvalue weighted by atomic mass is 10.2. The lowest BCUT2D eigenvalue weighted by Crippen LogP contribution is -2.01. The van der Waals surface area contributed by atoms with Gasteiger partial charge < -0.3 is 0 Å². The number of nitrogens with zero attached hydrogens (tertiary/aromatic N) is 1. The maximum Gasteiger partial charge on any atom is 0.180 e. The second-order valence-corrected chi connectivity index (χ2v) is 5.67. The second kappa shape index (κ2) is 4.72. The molecule has 0 aliphatic rings. The molecule has 0 bridgehead atoms. The Morgan fingerprint density at radius 1 is 1.67 bits per heavy atom. The Balaban J connectivity index is 2.40. The lowest BCUT2D eigenvalue weighted by Gasteiger charge is -2.01. The fraction of sp³-hybridized carbons (Fsp3) is 0.625. The zero-order valence-electron chi connectivity index (χ0n) is 7.32. The van der Waals surface area contributed by atoms with Crippen LogP contribution in [0.4, 0.5) is 0 Å². The molecule has 1 heterocycles. The third-order valence-corrected chi connectivity index (χ3v) is 4.00. The largest absolute Gasteiger partial charge is 0.252 e. The minimum absolute atomic E-state index is 0.619. The quantitative estimate of drug-likeness (QED) is 0.751. The molecule has 1 aromatic heterocycles. The van der Waals surface area contributed by atoms with Crippen LogP contribution in [0.5, 0.6) is 0 Å². The fourth-order valence-electron chi connectivity index (χ4n) is 0.753. The molecular formula is C8H13NOS2. The molecule has 0 aromatic carbocycles. The summed E-state index contributed by atoms with van der Waals surface area (Å²) in [7, 11) is -0.865. The van der Waals surface area contributed by atoms with Gasteiger partial charge in [-0.3, -0.25) is 4.21 Å². The topological polar surface area (TPSA) is 30.0 Å². The maximum atomic E-state index is 11.5. The fourth-order valence-corrected chi connectivity index (χ4v) is 3.00. The molecule has 0 amide bonds. The molecule has 1 rings (SSSR count). The Labute approximate surface area is 79.5 Å². The summed E-state index contributed by atoms with van der Waals surface area (Å²) in [6.45, 7) is 4.28. The number of aromatic nitrogens is 1. The maximum absolute atomic E-state index is 11.5. The van der Waals surface area contributed by atoms with Gasteiger partial charge in [0.25, 0.3) is 0 Å².